The average Bonchev–Trinajstić information content (AvgIpc) is 2.77. The summed E-state index contributed by atoms with van der Waals surface area (Å²) in [6.07, 6.45) is 5.68. The lowest BCUT2D eigenvalue weighted by molar-refractivity contribution is -0.135. The Kier molecular flexibility index (Phi) is 8.18. The first-order chi connectivity index (χ1) is 14.9. The van der Waals surface area contributed by atoms with E-state index in [9.17, 15) is 14.4 Å². The molecular formula is C23H33ClN4O3. The highest BCUT2D eigenvalue weighted by Crippen LogP contribution is 2.19. The van der Waals surface area contributed by atoms with Crippen LogP contribution in [-0.2, 0) is 4.79 Å². The van der Waals surface area contributed by atoms with Gasteiger partial charge in [0.15, 0.2) is 0 Å². The van der Waals surface area contributed by atoms with E-state index in [1.54, 1.807) is 34.1 Å². The number of halogens is 1. The van der Waals surface area contributed by atoms with E-state index in [0.717, 1.165) is 12.8 Å². The third kappa shape index (κ3) is 6.12. The average molecular weight is 449 g/mol. The number of hydrogen-bond donors (Lipinski definition) is 2. The van der Waals surface area contributed by atoms with Gasteiger partial charge in [0, 0.05) is 32.2 Å². The van der Waals surface area contributed by atoms with Gasteiger partial charge in [0.25, 0.3) is 5.91 Å². The second-order valence-corrected chi connectivity index (χ2v) is 9.18. The highest BCUT2D eigenvalue weighted by molar-refractivity contribution is 6.33. The lowest BCUT2D eigenvalue weighted by Crippen LogP contribution is -2.58. The first kappa shape index (κ1) is 23.4. The number of hydrogen-bond acceptors (Lipinski definition) is 3. The second kappa shape index (κ2) is 10.8. The van der Waals surface area contributed by atoms with E-state index in [1.165, 1.54) is 19.3 Å². The molecule has 1 aromatic carbocycles. The summed E-state index contributed by atoms with van der Waals surface area (Å²) >= 11 is 6.13. The van der Waals surface area contributed by atoms with Crippen molar-refractivity contribution in [1.82, 2.24) is 20.4 Å². The van der Waals surface area contributed by atoms with Crippen LogP contribution >= 0.6 is 11.6 Å². The Morgan fingerprint density at radius 3 is 2.19 bits per heavy atom. The standard InChI is InChI=1S/C23H33ClN4O3/c1-16(2)20(26-21(29)18-10-6-7-11-19(18)24)22(30)27-12-14-28(15-13-27)23(31)25-17-8-4-3-5-9-17/h6-7,10-11,16-17,20H,3-5,8-9,12-15H2,1-2H3,(H,25,31)(H,26,29). The van der Waals surface area contributed by atoms with Gasteiger partial charge in [-0.1, -0.05) is 56.8 Å². The van der Waals surface area contributed by atoms with Gasteiger partial charge in [-0.15, -0.1) is 0 Å². The van der Waals surface area contributed by atoms with Crippen LogP contribution < -0.4 is 10.6 Å². The van der Waals surface area contributed by atoms with E-state index in [4.69, 9.17) is 11.6 Å². The molecule has 1 atom stereocenters. The molecule has 1 saturated carbocycles. The smallest absolute Gasteiger partial charge is 0.317 e. The fraction of sp³-hybridized carbons (Fsp3) is 0.609. The molecule has 31 heavy (non-hydrogen) atoms. The molecule has 8 heteroatoms. The summed E-state index contributed by atoms with van der Waals surface area (Å²) in [5, 5.41) is 6.34. The van der Waals surface area contributed by atoms with Crippen LogP contribution in [0.1, 0.15) is 56.3 Å². The fourth-order valence-corrected chi connectivity index (χ4v) is 4.44. The van der Waals surface area contributed by atoms with Crippen LogP contribution in [0.25, 0.3) is 0 Å². The second-order valence-electron chi connectivity index (χ2n) is 8.77. The third-order valence-corrected chi connectivity index (χ3v) is 6.48. The Hall–Kier alpha value is -2.28. The van der Waals surface area contributed by atoms with Crippen molar-refractivity contribution in [3.8, 4) is 0 Å². The molecule has 1 unspecified atom stereocenters. The quantitative estimate of drug-likeness (QED) is 0.725. The van der Waals surface area contributed by atoms with E-state index < -0.39 is 6.04 Å². The normalized spacial score (nSPS) is 18.6. The largest absolute Gasteiger partial charge is 0.340 e. The Morgan fingerprint density at radius 2 is 1.58 bits per heavy atom. The number of urea groups is 1. The summed E-state index contributed by atoms with van der Waals surface area (Å²) in [5.41, 5.74) is 0.354. The molecule has 1 heterocycles. The number of nitrogens with one attached hydrogen (secondary N) is 2. The van der Waals surface area contributed by atoms with Crippen LogP contribution in [0, 0.1) is 5.92 Å². The van der Waals surface area contributed by atoms with Gasteiger partial charge >= 0.3 is 6.03 Å². The Balaban J connectivity index is 1.54. The molecular weight excluding hydrogens is 416 g/mol. The zero-order valence-electron chi connectivity index (χ0n) is 18.4. The van der Waals surface area contributed by atoms with Crippen LogP contribution in [0.5, 0.6) is 0 Å². The summed E-state index contributed by atoms with van der Waals surface area (Å²) in [6, 6.07) is 6.38. The number of rotatable bonds is 5. The van der Waals surface area contributed by atoms with Gasteiger partial charge in [0.1, 0.15) is 6.04 Å². The van der Waals surface area contributed by atoms with Crippen molar-refractivity contribution >= 4 is 29.4 Å². The van der Waals surface area contributed by atoms with E-state index in [1.807, 2.05) is 13.8 Å². The Labute approximate surface area is 189 Å². The molecule has 2 aliphatic rings. The molecule has 4 amide bonds. The highest BCUT2D eigenvalue weighted by Gasteiger charge is 2.32. The minimum atomic E-state index is -0.647. The fourth-order valence-electron chi connectivity index (χ4n) is 4.22. The van der Waals surface area contributed by atoms with Crippen LogP contribution in [0.2, 0.25) is 5.02 Å². The molecule has 7 nitrogen and oxygen atoms in total. The number of nitrogens with zero attached hydrogens (tertiary/aromatic N) is 2. The van der Waals surface area contributed by atoms with Crippen molar-refractivity contribution < 1.29 is 14.4 Å². The van der Waals surface area contributed by atoms with E-state index in [2.05, 4.69) is 10.6 Å². The topological polar surface area (TPSA) is 81.8 Å². The molecule has 0 radical (unpaired) electrons. The van der Waals surface area contributed by atoms with Gasteiger partial charge < -0.3 is 20.4 Å². The zero-order chi connectivity index (χ0) is 22.4. The van der Waals surface area contributed by atoms with Gasteiger partial charge in [-0.05, 0) is 30.9 Å². The van der Waals surface area contributed by atoms with Gasteiger partial charge in [-0.3, -0.25) is 9.59 Å². The molecule has 1 aromatic rings. The number of piperazine rings is 1. The Bertz CT molecular complexity index is 787. The monoisotopic (exact) mass is 448 g/mol. The molecule has 3 rings (SSSR count). The number of benzene rings is 1. The number of carbonyl (C=O) groups is 3. The maximum atomic E-state index is 13.1. The van der Waals surface area contributed by atoms with Crippen molar-refractivity contribution in [1.29, 1.82) is 0 Å². The van der Waals surface area contributed by atoms with Crippen molar-refractivity contribution in [3.05, 3.63) is 34.9 Å². The lowest BCUT2D eigenvalue weighted by atomic mass is 9.96. The summed E-state index contributed by atoms with van der Waals surface area (Å²) in [5.74, 6) is -0.558. The van der Waals surface area contributed by atoms with Crippen LogP contribution in [0.4, 0.5) is 4.79 Å². The first-order valence-electron chi connectivity index (χ1n) is 11.3. The first-order valence-corrected chi connectivity index (χ1v) is 11.6. The van der Waals surface area contributed by atoms with Crippen molar-refractivity contribution in [2.45, 2.75) is 58.0 Å². The minimum Gasteiger partial charge on any atom is -0.340 e. The molecule has 1 saturated heterocycles. The Morgan fingerprint density at radius 1 is 0.968 bits per heavy atom. The van der Waals surface area contributed by atoms with E-state index >= 15 is 0 Å². The van der Waals surface area contributed by atoms with Crippen molar-refractivity contribution in [2.75, 3.05) is 26.2 Å². The lowest BCUT2D eigenvalue weighted by Gasteiger charge is -2.38. The van der Waals surface area contributed by atoms with Crippen LogP contribution in [0.3, 0.4) is 0 Å². The molecule has 1 aliphatic carbocycles. The SMILES string of the molecule is CC(C)C(NC(=O)c1ccccc1Cl)C(=O)N1CCN(C(=O)NC2CCCCC2)CC1. The predicted octanol–water partition coefficient (Wildman–Crippen LogP) is 3.28. The zero-order valence-corrected chi connectivity index (χ0v) is 19.2. The van der Waals surface area contributed by atoms with Crippen molar-refractivity contribution in [3.63, 3.8) is 0 Å². The number of carbonyl (C=O) groups excluding carboxylic acids is 3. The van der Waals surface area contributed by atoms with Crippen LogP contribution in [0.15, 0.2) is 24.3 Å². The van der Waals surface area contributed by atoms with Crippen LogP contribution in [-0.4, -0.2) is 65.9 Å². The molecule has 170 valence electrons. The summed E-state index contributed by atoms with van der Waals surface area (Å²) < 4.78 is 0. The summed E-state index contributed by atoms with van der Waals surface area (Å²) in [7, 11) is 0. The van der Waals surface area contributed by atoms with Gasteiger partial charge in [-0.25, -0.2) is 4.79 Å². The number of amides is 4. The predicted molar refractivity (Wildman–Crippen MR) is 121 cm³/mol. The molecule has 0 spiro atoms. The minimum absolute atomic E-state index is 0.0357. The third-order valence-electron chi connectivity index (χ3n) is 6.15. The maximum absolute atomic E-state index is 13.1. The van der Waals surface area contributed by atoms with Gasteiger partial charge in [0.05, 0.1) is 10.6 Å². The maximum Gasteiger partial charge on any atom is 0.317 e. The van der Waals surface area contributed by atoms with E-state index in [0.29, 0.717) is 36.8 Å². The summed E-state index contributed by atoms with van der Waals surface area (Å²) in [6.45, 7) is 5.72. The highest BCUT2D eigenvalue weighted by atomic mass is 35.5. The molecule has 2 N–H and O–H groups in total. The van der Waals surface area contributed by atoms with Crippen molar-refractivity contribution in [2.24, 2.45) is 5.92 Å². The summed E-state index contributed by atoms with van der Waals surface area (Å²) in [4.78, 5) is 41.9. The molecule has 0 aromatic heterocycles. The molecule has 0 bridgehead atoms. The van der Waals surface area contributed by atoms with E-state index in [-0.39, 0.29) is 29.8 Å². The van der Waals surface area contributed by atoms with Gasteiger partial charge in [0.2, 0.25) is 5.91 Å². The van der Waals surface area contributed by atoms with Gasteiger partial charge in [-0.2, -0.15) is 0 Å². The molecule has 2 fully saturated rings. The molecule has 1 aliphatic heterocycles.